The van der Waals surface area contributed by atoms with Gasteiger partial charge in [-0.25, -0.2) is 0 Å². The molecule has 0 unspecified atom stereocenters. The number of nitro groups is 1. The van der Waals surface area contributed by atoms with Crippen LogP contribution in [0.2, 0.25) is 5.02 Å². The first-order valence-corrected chi connectivity index (χ1v) is 9.28. The Hall–Kier alpha value is -3.35. The third kappa shape index (κ3) is 3.94. The minimum atomic E-state index is -0.429. The van der Waals surface area contributed by atoms with Gasteiger partial charge >= 0.3 is 0 Å². The number of furan rings is 1. The van der Waals surface area contributed by atoms with Crippen molar-refractivity contribution in [1.82, 2.24) is 9.88 Å². The van der Waals surface area contributed by atoms with Gasteiger partial charge in [-0.2, -0.15) is 10.2 Å². The van der Waals surface area contributed by atoms with Crippen LogP contribution >= 0.6 is 11.6 Å². The van der Waals surface area contributed by atoms with Gasteiger partial charge in [0.05, 0.1) is 11.2 Å². The van der Waals surface area contributed by atoms with Crippen LogP contribution < -0.4 is 4.90 Å². The van der Waals surface area contributed by atoms with Crippen LogP contribution in [0.3, 0.4) is 0 Å². The molecule has 29 heavy (non-hydrogen) atoms. The van der Waals surface area contributed by atoms with Gasteiger partial charge < -0.3 is 13.7 Å². The molecule has 10 heteroatoms. The molecule has 3 heterocycles. The van der Waals surface area contributed by atoms with Gasteiger partial charge in [-0.3, -0.25) is 15.0 Å². The van der Waals surface area contributed by atoms with Crippen LogP contribution in [0.15, 0.2) is 45.4 Å². The molecule has 3 aromatic rings. The summed E-state index contributed by atoms with van der Waals surface area (Å²) < 4.78 is 11.1. The van der Waals surface area contributed by atoms with E-state index in [1.54, 1.807) is 18.2 Å². The van der Waals surface area contributed by atoms with E-state index in [9.17, 15) is 15.4 Å². The third-order valence-electron chi connectivity index (χ3n) is 4.74. The van der Waals surface area contributed by atoms with Gasteiger partial charge in [0.1, 0.15) is 6.07 Å². The third-order valence-corrected chi connectivity index (χ3v) is 5.11. The molecule has 0 bridgehead atoms. The van der Waals surface area contributed by atoms with Gasteiger partial charge in [0, 0.05) is 49.9 Å². The summed E-state index contributed by atoms with van der Waals surface area (Å²) in [5, 5.41) is 20.9. The molecular formula is C19H16ClN5O4. The predicted octanol–water partition coefficient (Wildman–Crippen LogP) is 3.69. The highest BCUT2D eigenvalue weighted by molar-refractivity contribution is 6.31. The van der Waals surface area contributed by atoms with Crippen LogP contribution in [0.5, 0.6) is 0 Å². The lowest BCUT2D eigenvalue weighted by Gasteiger charge is -2.34. The zero-order chi connectivity index (χ0) is 20.4. The van der Waals surface area contributed by atoms with Crippen LogP contribution in [-0.2, 0) is 6.54 Å². The number of piperazine rings is 1. The van der Waals surface area contributed by atoms with E-state index in [4.69, 9.17) is 20.4 Å². The molecule has 1 aromatic carbocycles. The zero-order valence-electron chi connectivity index (χ0n) is 15.2. The Morgan fingerprint density at radius 1 is 1.28 bits per heavy atom. The quantitative estimate of drug-likeness (QED) is 0.459. The Bertz CT molecular complexity index is 1060. The highest BCUT2D eigenvalue weighted by Gasteiger charge is 2.25. The first kappa shape index (κ1) is 19.0. The second-order valence-electron chi connectivity index (χ2n) is 6.56. The van der Waals surface area contributed by atoms with Crippen molar-refractivity contribution < 1.29 is 13.8 Å². The molecule has 2 aromatic heterocycles. The van der Waals surface area contributed by atoms with E-state index in [-0.39, 0.29) is 17.3 Å². The first-order chi connectivity index (χ1) is 14.0. The van der Waals surface area contributed by atoms with Crippen molar-refractivity contribution in [2.75, 3.05) is 31.1 Å². The molecular weight excluding hydrogens is 398 g/mol. The summed E-state index contributed by atoms with van der Waals surface area (Å²) in [6.45, 7) is 3.11. The van der Waals surface area contributed by atoms with E-state index in [0.29, 0.717) is 55.0 Å². The van der Waals surface area contributed by atoms with Gasteiger partial charge in [-0.1, -0.05) is 11.6 Å². The van der Waals surface area contributed by atoms with Crippen LogP contribution in [-0.4, -0.2) is 41.0 Å². The molecule has 9 nitrogen and oxygen atoms in total. The van der Waals surface area contributed by atoms with Gasteiger partial charge in [0.2, 0.25) is 11.6 Å². The average molecular weight is 414 g/mol. The van der Waals surface area contributed by atoms with Crippen molar-refractivity contribution in [3.63, 3.8) is 0 Å². The lowest BCUT2D eigenvalue weighted by Crippen LogP contribution is -2.46. The van der Waals surface area contributed by atoms with Crippen LogP contribution in [0.4, 0.5) is 11.6 Å². The number of nitro benzene ring substituents is 1. The number of oxazole rings is 1. The fourth-order valence-corrected chi connectivity index (χ4v) is 3.43. The smallest absolute Gasteiger partial charge is 0.269 e. The number of nitrogens with zero attached hydrogens (tertiary/aromatic N) is 5. The van der Waals surface area contributed by atoms with Crippen molar-refractivity contribution in [3.8, 4) is 17.7 Å². The second-order valence-corrected chi connectivity index (χ2v) is 6.97. The number of rotatable bonds is 5. The van der Waals surface area contributed by atoms with E-state index in [1.807, 2.05) is 4.90 Å². The van der Waals surface area contributed by atoms with Crippen molar-refractivity contribution >= 4 is 23.2 Å². The van der Waals surface area contributed by atoms with E-state index in [1.165, 1.54) is 18.4 Å². The Morgan fingerprint density at radius 3 is 2.72 bits per heavy atom. The van der Waals surface area contributed by atoms with E-state index < -0.39 is 4.92 Å². The van der Waals surface area contributed by atoms with E-state index >= 15 is 0 Å². The topological polar surface area (TPSA) is 113 Å². The fourth-order valence-electron chi connectivity index (χ4n) is 3.25. The number of hydrogen-bond acceptors (Lipinski definition) is 8. The molecule has 0 radical (unpaired) electrons. The molecule has 0 spiro atoms. The number of halogens is 1. The minimum Gasteiger partial charge on any atom is -0.459 e. The normalized spacial score (nSPS) is 14.7. The van der Waals surface area contributed by atoms with Crippen molar-refractivity contribution in [3.05, 3.63) is 63.0 Å². The Labute approximate surface area is 170 Å². The van der Waals surface area contributed by atoms with Gasteiger partial charge in [-0.15, -0.1) is 0 Å². The van der Waals surface area contributed by atoms with Gasteiger partial charge in [0.15, 0.2) is 5.76 Å². The summed E-state index contributed by atoms with van der Waals surface area (Å²) in [6.07, 6.45) is 1.52. The number of non-ortho nitro benzene ring substituents is 1. The number of nitriles is 1. The summed E-state index contributed by atoms with van der Waals surface area (Å²) in [5.74, 6) is 1.16. The SMILES string of the molecule is N#Cc1nc(-c2ccco2)oc1N1CCN(Cc2cc([N+](=O)[O-])ccc2Cl)CC1. The first-order valence-electron chi connectivity index (χ1n) is 8.90. The zero-order valence-corrected chi connectivity index (χ0v) is 16.0. The molecule has 1 fully saturated rings. The van der Waals surface area contributed by atoms with Crippen molar-refractivity contribution in [2.24, 2.45) is 0 Å². The Kier molecular flexibility index (Phi) is 5.20. The molecule has 0 aliphatic carbocycles. The molecule has 4 rings (SSSR count). The fraction of sp³-hybridized carbons (Fsp3) is 0.263. The summed E-state index contributed by atoms with van der Waals surface area (Å²) >= 11 is 6.21. The molecule has 1 aliphatic heterocycles. The standard InChI is InChI=1S/C19H16ClN5O4/c20-15-4-3-14(25(26)27)10-13(15)12-23-5-7-24(8-6-23)19-16(11-21)22-18(29-19)17-2-1-9-28-17/h1-4,9-10H,5-8,12H2. The second kappa shape index (κ2) is 7.95. The van der Waals surface area contributed by atoms with Crippen LogP contribution in [0, 0.1) is 21.4 Å². The molecule has 0 saturated carbocycles. The summed E-state index contributed by atoms with van der Waals surface area (Å²) in [7, 11) is 0. The monoisotopic (exact) mass is 413 g/mol. The highest BCUT2D eigenvalue weighted by Crippen LogP contribution is 2.30. The molecule has 0 atom stereocenters. The summed E-state index contributed by atoms with van der Waals surface area (Å²) in [5.41, 5.74) is 0.951. The Balaban J connectivity index is 1.45. The average Bonchev–Trinajstić information content (AvgIpc) is 3.39. The maximum Gasteiger partial charge on any atom is 0.269 e. The number of hydrogen-bond donors (Lipinski definition) is 0. The number of anilines is 1. The maximum absolute atomic E-state index is 11.0. The van der Waals surface area contributed by atoms with Crippen LogP contribution in [0.25, 0.3) is 11.7 Å². The minimum absolute atomic E-state index is 0.0220. The Morgan fingerprint density at radius 2 is 2.07 bits per heavy atom. The lowest BCUT2D eigenvalue weighted by molar-refractivity contribution is -0.384. The van der Waals surface area contributed by atoms with E-state index in [2.05, 4.69) is 16.0 Å². The van der Waals surface area contributed by atoms with Gasteiger partial charge in [0.25, 0.3) is 11.6 Å². The van der Waals surface area contributed by atoms with Crippen LogP contribution in [0.1, 0.15) is 11.3 Å². The predicted molar refractivity (Wildman–Crippen MR) is 105 cm³/mol. The molecule has 0 N–H and O–H groups in total. The van der Waals surface area contributed by atoms with Crippen molar-refractivity contribution in [2.45, 2.75) is 6.54 Å². The number of benzene rings is 1. The number of aromatic nitrogens is 1. The van der Waals surface area contributed by atoms with E-state index in [0.717, 1.165) is 0 Å². The molecule has 0 amide bonds. The lowest BCUT2D eigenvalue weighted by atomic mass is 10.1. The molecule has 1 saturated heterocycles. The molecule has 1 aliphatic rings. The summed E-state index contributed by atoms with van der Waals surface area (Å²) in [4.78, 5) is 18.9. The van der Waals surface area contributed by atoms with Gasteiger partial charge in [-0.05, 0) is 23.8 Å². The largest absolute Gasteiger partial charge is 0.459 e. The summed E-state index contributed by atoms with van der Waals surface area (Å²) in [6, 6.07) is 9.97. The maximum atomic E-state index is 11.0. The molecule has 148 valence electrons. The highest BCUT2D eigenvalue weighted by atomic mass is 35.5. The van der Waals surface area contributed by atoms with Crippen molar-refractivity contribution in [1.29, 1.82) is 5.26 Å².